The van der Waals surface area contributed by atoms with Crippen molar-refractivity contribution in [1.82, 2.24) is 4.90 Å². The first-order valence-electron chi connectivity index (χ1n) is 12.4. The van der Waals surface area contributed by atoms with Crippen molar-refractivity contribution in [3.8, 4) is 17.2 Å². The van der Waals surface area contributed by atoms with Gasteiger partial charge in [0, 0.05) is 19.2 Å². The third-order valence-corrected chi connectivity index (χ3v) is 6.38. The number of benzene rings is 3. The van der Waals surface area contributed by atoms with Crippen molar-refractivity contribution in [2.75, 3.05) is 26.9 Å². The molecule has 3 aromatic carbocycles. The number of phenolic OH excluding ortho intramolecular Hbond substituents is 1. The fourth-order valence-electron chi connectivity index (χ4n) is 4.50. The van der Waals surface area contributed by atoms with Crippen LogP contribution in [0.5, 0.6) is 17.2 Å². The minimum Gasteiger partial charge on any atom is -0.507 e. The van der Waals surface area contributed by atoms with E-state index in [0.29, 0.717) is 35.7 Å². The molecule has 8 nitrogen and oxygen atoms in total. The summed E-state index contributed by atoms with van der Waals surface area (Å²) in [7, 11) is 1.50. The van der Waals surface area contributed by atoms with Crippen molar-refractivity contribution in [3.05, 3.63) is 94.6 Å². The molecule has 0 radical (unpaired) electrons. The Bertz CT molecular complexity index is 1350. The number of likely N-dealkylation sites (tertiary alicyclic amines) is 1. The molecule has 1 atom stereocenters. The molecule has 1 aliphatic heterocycles. The molecule has 3 aromatic rings. The Kier molecular flexibility index (Phi) is 8.33. The fraction of sp³-hybridized carbons (Fsp3) is 0.267. The monoisotopic (exact) mass is 517 g/mol. The molecule has 0 bridgehead atoms. The highest BCUT2D eigenvalue weighted by molar-refractivity contribution is 6.46. The zero-order chi connectivity index (χ0) is 27.2. The van der Waals surface area contributed by atoms with Gasteiger partial charge in [-0.1, -0.05) is 36.4 Å². The smallest absolute Gasteiger partial charge is 0.295 e. The van der Waals surface area contributed by atoms with E-state index in [9.17, 15) is 19.8 Å². The molecule has 0 spiro atoms. The summed E-state index contributed by atoms with van der Waals surface area (Å²) in [4.78, 5) is 27.7. The Labute approximate surface area is 221 Å². The Morgan fingerprint density at radius 2 is 1.76 bits per heavy atom. The molecule has 2 N–H and O–H groups in total. The van der Waals surface area contributed by atoms with E-state index in [4.69, 9.17) is 14.2 Å². The van der Waals surface area contributed by atoms with Crippen LogP contribution in [0.3, 0.4) is 0 Å². The lowest BCUT2D eigenvalue weighted by Crippen LogP contribution is -2.32. The quantitative estimate of drug-likeness (QED) is 0.227. The van der Waals surface area contributed by atoms with E-state index >= 15 is 0 Å². The number of aryl methyl sites for hydroxylation is 1. The first-order chi connectivity index (χ1) is 18.3. The zero-order valence-electron chi connectivity index (χ0n) is 21.6. The summed E-state index contributed by atoms with van der Waals surface area (Å²) in [6.07, 6.45) is 0. The fourth-order valence-corrected chi connectivity index (χ4v) is 4.50. The van der Waals surface area contributed by atoms with Crippen molar-refractivity contribution in [2.45, 2.75) is 26.5 Å². The number of aliphatic hydroxyl groups is 1. The second-order valence-corrected chi connectivity index (χ2v) is 8.90. The Morgan fingerprint density at radius 1 is 1.00 bits per heavy atom. The van der Waals surface area contributed by atoms with Gasteiger partial charge in [0.15, 0.2) is 11.5 Å². The largest absolute Gasteiger partial charge is 0.507 e. The number of Topliss-reactive ketones (excluding diaryl/α,β-unsaturated/α-hetero) is 1. The summed E-state index contributed by atoms with van der Waals surface area (Å²) >= 11 is 0. The average molecular weight is 518 g/mol. The maximum absolute atomic E-state index is 13.2. The van der Waals surface area contributed by atoms with Crippen molar-refractivity contribution in [1.29, 1.82) is 0 Å². The molecule has 0 aromatic heterocycles. The third kappa shape index (κ3) is 5.50. The van der Waals surface area contributed by atoms with Gasteiger partial charge in [-0.3, -0.25) is 9.59 Å². The van der Waals surface area contributed by atoms with Gasteiger partial charge in [-0.05, 0) is 60.9 Å². The van der Waals surface area contributed by atoms with Gasteiger partial charge in [-0.15, -0.1) is 0 Å². The second-order valence-electron chi connectivity index (χ2n) is 8.90. The van der Waals surface area contributed by atoms with Gasteiger partial charge in [-0.25, -0.2) is 0 Å². The molecule has 38 heavy (non-hydrogen) atoms. The van der Waals surface area contributed by atoms with E-state index in [2.05, 4.69) is 0 Å². The molecule has 0 unspecified atom stereocenters. The van der Waals surface area contributed by atoms with E-state index < -0.39 is 17.7 Å². The summed E-state index contributed by atoms with van der Waals surface area (Å²) < 4.78 is 16.6. The van der Waals surface area contributed by atoms with Gasteiger partial charge in [0.25, 0.3) is 11.7 Å². The van der Waals surface area contributed by atoms with Gasteiger partial charge in [0.2, 0.25) is 0 Å². The predicted octanol–water partition coefficient (Wildman–Crippen LogP) is 4.75. The van der Waals surface area contributed by atoms with Crippen molar-refractivity contribution in [2.24, 2.45) is 0 Å². The second kappa shape index (κ2) is 11.8. The molecule has 1 fully saturated rings. The molecule has 0 saturated carbocycles. The van der Waals surface area contributed by atoms with Crippen molar-refractivity contribution >= 4 is 17.4 Å². The molecule has 4 rings (SSSR count). The van der Waals surface area contributed by atoms with E-state index in [-0.39, 0.29) is 36.0 Å². The van der Waals surface area contributed by atoms with Crippen LogP contribution in [0, 0.1) is 6.92 Å². The van der Waals surface area contributed by atoms with Crippen LogP contribution in [-0.2, 0) is 20.9 Å². The number of hydrogen-bond acceptors (Lipinski definition) is 7. The molecule has 1 saturated heterocycles. The van der Waals surface area contributed by atoms with E-state index in [1.165, 1.54) is 18.1 Å². The van der Waals surface area contributed by atoms with Gasteiger partial charge in [0.1, 0.15) is 18.1 Å². The SMILES string of the molecule is CCOc1cc([C@@H]2/C(=C(\O)c3ccc(OCc4ccccc4)cc3C)C(=O)C(=O)N2CCOC)ccc1O. The molecule has 1 aliphatic rings. The lowest BCUT2D eigenvalue weighted by molar-refractivity contribution is -0.140. The number of aromatic hydroxyl groups is 1. The lowest BCUT2D eigenvalue weighted by Gasteiger charge is -2.25. The minimum atomic E-state index is -0.890. The Balaban J connectivity index is 1.73. The minimum absolute atomic E-state index is 0.0414. The van der Waals surface area contributed by atoms with Crippen LogP contribution < -0.4 is 9.47 Å². The molecular weight excluding hydrogens is 486 g/mol. The van der Waals surface area contributed by atoms with Crippen LogP contribution in [0.2, 0.25) is 0 Å². The van der Waals surface area contributed by atoms with Gasteiger partial charge in [0.05, 0.1) is 24.8 Å². The Hall–Kier alpha value is -4.30. The molecule has 8 heteroatoms. The van der Waals surface area contributed by atoms with Crippen LogP contribution in [-0.4, -0.2) is 53.7 Å². The van der Waals surface area contributed by atoms with Crippen LogP contribution in [0.1, 0.15) is 35.2 Å². The molecular formula is C30H31NO7. The summed E-state index contributed by atoms with van der Waals surface area (Å²) in [5.41, 5.74) is 2.59. The Morgan fingerprint density at radius 3 is 2.45 bits per heavy atom. The number of methoxy groups -OCH3 is 1. The summed E-state index contributed by atoms with van der Waals surface area (Å²) in [5, 5.41) is 21.6. The van der Waals surface area contributed by atoms with E-state index in [1.807, 2.05) is 30.3 Å². The number of ether oxygens (including phenoxy) is 3. The lowest BCUT2D eigenvalue weighted by atomic mass is 9.93. The number of nitrogens with zero attached hydrogens (tertiary/aromatic N) is 1. The number of rotatable bonds is 10. The van der Waals surface area contributed by atoms with Crippen molar-refractivity contribution < 1.29 is 34.0 Å². The number of phenols is 1. The van der Waals surface area contributed by atoms with Crippen LogP contribution in [0.4, 0.5) is 0 Å². The van der Waals surface area contributed by atoms with E-state index in [1.54, 1.807) is 44.2 Å². The number of amides is 1. The summed E-state index contributed by atoms with van der Waals surface area (Å²) in [5.74, 6) is -1.05. The molecule has 1 heterocycles. The highest BCUT2D eigenvalue weighted by Crippen LogP contribution is 2.42. The van der Waals surface area contributed by atoms with Crippen LogP contribution in [0.15, 0.2) is 72.3 Å². The van der Waals surface area contributed by atoms with E-state index in [0.717, 1.165) is 5.56 Å². The maximum Gasteiger partial charge on any atom is 0.295 e. The number of aliphatic hydroxyl groups excluding tert-OH is 1. The van der Waals surface area contributed by atoms with Crippen LogP contribution >= 0.6 is 0 Å². The maximum atomic E-state index is 13.2. The van der Waals surface area contributed by atoms with Gasteiger partial charge >= 0.3 is 0 Å². The third-order valence-electron chi connectivity index (χ3n) is 6.38. The average Bonchev–Trinajstić information content (AvgIpc) is 3.17. The normalized spacial score (nSPS) is 16.6. The zero-order valence-corrected chi connectivity index (χ0v) is 21.6. The highest BCUT2D eigenvalue weighted by Gasteiger charge is 2.46. The van der Waals surface area contributed by atoms with Gasteiger partial charge in [-0.2, -0.15) is 0 Å². The first kappa shape index (κ1) is 26.8. The highest BCUT2D eigenvalue weighted by atomic mass is 16.5. The number of hydrogen-bond donors (Lipinski definition) is 2. The molecule has 198 valence electrons. The molecule has 1 amide bonds. The predicted molar refractivity (Wildman–Crippen MR) is 142 cm³/mol. The van der Waals surface area contributed by atoms with Gasteiger partial charge < -0.3 is 29.3 Å². The number of carbonyl (C=O) groups excluding carboxylic acids is 2. The standard InChI is InChI=1S/C30H31NO7/c1-4-37-25-17-21(10-13-24(25)32)27-26(29(34)30(35)31(27)14-15-36-3)28(33)23-12-11-22(16-19(23)2)38-18-20-8-6-5-7-9-20/h5-13,16-17,27,32-33H,4,14-15,18H2,1-3H3/b28-26+/t27-/m1/s1. The summed E-state index contributed by atoms with van der Waals surface area (Å²) in [6.45, 7) is 4.63. The van der Waals surface area contributed by atoms with Crippen LogP contribution in [0.25, 0.3) is 5.76 Å². The topological polar surface area (TPSA) is 106 Å². The number of carbonyl (C=O) groups is 2. The first-order valence-corrected chi connectivity index (χ1v) is 12.4. The molecule has 0 aliphatic carbocycles. The van der Waals surface area contributed by atoms with Crippen molar-refractivity contribution in [3.63, 3.8) is 0 Å². The number of ketones is 1. The summed E-state index contributed by atoms with van der Waals surface area (Å²) in [6, 6.07) is 18.7.